The Bertz CT molecular complexity index is 1130. The number of rotatable bonds is 12. The highest BCUT2D eigenvalue weighted by Crippen LogP contribution is 2.22. The van der Waals surface area contributed by atoms with Gasteiger partial charge in [0.2, 0.25) is 11.4 Å². The molecule has 2 saturated heterocycles. The van der Waals surface area contributed by atoms with Crippen LogP contribution in [0.25, 0.3) is 24.3 Å². The van der Waals surface area contributed by atoms with E-state index in [2.05, 4.69) is 105 Å². The Morgan fingerprint density at radius 2 is 1.10 bits per heavy atom. The van der Waals surface area contributed by atoms with Crippen LogP contribution in [0.4, 0.5) is 11.4 Å². The van der Waals surface area contributed by atoms with Crippen molar-refractivity contribution in [3.05, 3.63) is 89.2 Å². The van der Waals surface area contributed by atoms with Gasteiger partial charge < -0.3 is 19.3 Å². The minimum absolute atomic E-state index is 0.604. The molecule has 39 heavy (non-hydrogen) atoms. The van der Waals surface area contributed by atoms with Crippen molar-refractivity contribution in [1.82, 2.24) is 0 Å². The van der Waals surface area contributed by atoms with Crippen LogP contribution in [0, 0.1) is 0 Å². The zero-order valence-electron chi connectivity index (χ0n) is 23.3. The van der Waals surface area contributed by atoms with E-state index in [9.17, 15) is 0 Å². The molecule has 0 amide bonds. The number of ether oxygens (including phenoxy) is 2. The largest absolute Gasteiger partial charge is 0.382 e. The van der Waals surface area contributed by atoms with E-state index in [0.29, 0.717) is 19.8 Å². The third-order valence-electron chi connectivity index (χ3n) is 7.67. The van der Waals surface area contributed by atoms with Gasteiger partial charge in [0.05, 0.1) is 13.2 Å². The van der Waals surface area contributed by atoms with Crippen LogP contribution in [0.15, 0.2) is 66.7 Å². The average molecular weight is 525 g/mol. The fourth-order valence-corrected chi connectivity index (χ4v) is 5.43. The van der Waals surface area contributed by atoms with Gasteiger partial charge in [0.25, 0.3) is 0 Å². The van der Waals surface area contributed by atoms with Crippen molar-refractivity contribution >= 4 is 35.7 Å². The predicted molar refractivity (Wildman–Crippen MR) is 163 cm³/mol. The predicted octanol–water partition coefficient (Wildman–Crippen LogP) is 6.18. The lowest BCUT2D eigenvalue weighted by molar-refractivity contribution is -0.701. The normalized spacial score (nSPS) is 15.8. The lowest BCUT2D eigenvalue weighted by Crippen LogP contribution is -2.42. The molecule has 3 aromatic rings. The van der Waals surface area contributed by atoms with Crippen LogP contribution in [0.1, 0.15) is 48.2 Å². The van der Waals surface area contributed by atoms with E-state index in [4.69, 9.17) is 9.47 Å². The molecule has 2 aliphatic heterocycles. The Kier molecular flexibility index (Phi) is 9.83. The molecule has 1 aromatic heterocycles. The molecule has 3 heterocycles. The van der Waals surface area contributed by atoms with Gasteiger partial charge in [-0.25, -0.2) is 0 Å². The number of hydrogen-bond donors (Lipinski definition) is 0. The molecule has 204 valence electrons. The molecule has 0 aliphatic carbocycles. The van der Waals surface area contributed by atoms with Gasteiger partial charge in [0.1, 0.15) is 6.61 Å². The van der Waals surface area contributed by atoms with Crippen molar-refractivity contribution in [3.8, 4) is 0 Å². The van der Waals surface area contributed by atoms with Gasteiger partial charge in [0.15, 0.2) is 6.54 Å². The van der Waals surface area contributed by atoms with E-state index in [-0.39, 0.29) is 0 Å². The molecular weight excluding hydrogens is 482 g/mol. The number of pyridine rings is 1. The van der Waals surface area contributed by atoms with Crippen molar-refractivity contribution < 1.29 is 14.0 Å². The van der Waals surface area contributed by atoms with E-state index in [1.807, 2.05) is 0 Å². The second-order valence-corrected chi connectivity index (χ2v) is 10.4. The Morgan fingerprint density at radius 1 is 0.615 bits per heavy atom. The Labute approximate surface area is 234 Å². The summed E-state index contributed by atoms with van der Waals surface area (Å²) < 4.78 is 13.3. The molecule has 5 heteroatoms. The summed E-state index contributed by atoms with van der Waals surface area (Å²) in [6, 6.07) is 24.3. The van der Waals surface area contributed by atoms with Crippen LogP contribution in [-0.4, -0.2) is 53.1 Å². The molecule has 5 nitrogen and oxygen atoms in total. The van der Waals surface area contributed by atoms with Gasteiger partial charge >= 0.3 is 0 Å². The average Bonchev–Trinajstić information content (AvgIpc) is 3.72. The summed E-state index contributed by atoms with van der Waals surface area (Å²) in [6.07, 6.45) is 14.0. The molecule has 2 aromatic carbocycles. The van der Waals surface area contributed by atoms with Crippen LogP contribution < -0.4 is 14.4 Å². The quantitative estimate of drug-likeness (QED) is 0.209. The number of nitrogens with zero attached hydrogens (tertiary/aromatic N) is 3. The molecule has 0 spiro atoms. The van der Waals surface area contributed by atoms with Gasteiger partial charge in [-0.3, -0.25) is 0 Å². The van der Waals surface area contributed by atoms with Gasteiger partial charge in [-0.05, 0) is 79.3 Å². The fourth-order valence-electron chi connectivity index (χ4n) is 5.43. The molecular formula is C34H42N3O2+. The number of methoxy groups -OCH3 is 1. The van der Waals surface area contributed by atoms with Crippen molar-refractivity contribution in [2.45, 2.75) is 32.2 Å². The maximum Gasteiger partial charge on any atom is 0.205 e. The highest BCUT2D eigenvalue weighted by atomic mass is 16.5. The van der Waals surface area contributed by atoms with Crippen LogP contribution in [0.3, 0.4) is 0 Å². The smallest absolute Gasteiger partial charge is 0.205 e. The molecule has 2 fully saturated rings. The molecule has 5 rings (SSSR count). The summed E-state index contributed by atoms with van der Waals surface area (Å²) >= 11 is 0. The lowest BCUT2D eigenvalue weighted by Gasteiger charge is -2.17. The molecule has 0 N–H and O–H groups in total. The number of hydrogen-bond acceptors (Lipinski definition) is 4. The highest BCUT2D eigenvalue weighted by Gasteiger charge is 2.15. The second kappa shape index (κ2) is 14.1. The summed E-state index contributed by atoms with van der Waals surface area (Å²) in [4.78, 5) is 4.95. The van der Waals surface area contributed by atoms with Gasteiger partial charge in [0, 0.05) is 68.9 Å². The Morgan fingerprint density at radius 3 is 1.56 bits per heavy atom. The minimum Gasteiger partial charge on any atom is -0.382 e. The van der Waals surface area contributed by atoms with Crippen LogP contribution in [0.2, 0.25) is 0 Å². The van der Waals surface area contributed by atoms with E-state index in [0.717, 1.165) is 17.9 Å². The summed E-state index contributed by atoms with van der Waals surface area (Å²) in [5.74, 6) is 0. The molecule has 0 saturated carbocycles. The van der Waals surface area contributed by atoms with Gasteiger partial charge in [-0.2, -0.15) is 4.57 Å². The van der Waals surface area contributed by atoms with Crippen LogP contribution in [-0.2, 0) is 16.0 Å². The zero-order chi connectivity index (χ0) is 26.7. The fraction of sp³-hybridized carbons (Fsp3) is 0.382. The maximum absolute atomic E-state index is 5.83. The van der Waals surface area contributed by atoms with E-state index in [1.165, 1.54) is 74.4 Å². The van der Waals surface area contributed by atoms with Crippen molar-refractivity contribution in [2.24, 2.45) is 0 Å². The molecule has 0 atom stereocenters. The summed E-state index contributed by atoms with van der Waals surface area (Å²) in [6.45, 7) is 7.30. The third kappa shape index (κ3) is 7.59. The van der Waals surface area contributed by atoms with Gasteiger partial charge in [-0.15, -0.1) is 0 Å². The first-order valence-electron chi connectivity index (χ1n) is 14.5. The standard InChI is InChI=1S/C34H42N3O2/c1-38-27-28-39-26-25-37-33(19-13-29-9-15-31(16-10-29)35-21-2-3-22-35)7-6-8-34(37)20-14-30-11-17-32(18-12-30)36-23-4-5-24-36/h6-20H,2-5,21-28H2,1H3/q+1. The van der Waals surface area contributed by atoms with Crippen molar-refractivity contribution in [3.63, 3.8) is 0 Å². The summed E-state index contributed by atoms with van der Waals surface area (Å²) in [5.41, 5.74) is 7.38. The topological polar surface area (TPSA) is 28.8 Å². The zero-order valence-corrected chi connectivity index (χ0v) is 23.3. The first-order chi connectivity index (χ1) is 19.3. The van der Waals surface area contributed by atoms with Gasteiger partial charge in [-0.1, -0.05) is 24.3 Å². The van der Waals surface area contributed by atoms with E-state index >= 15 is 0 Å². The summed E-state index contributed by atoms with van der Waals surface area (Å²) in [7, 11) is 1.70. The van der Waals surface area contributed by atoms with E-state index in [1.54, 1.807) is 7.11 Å². The lowest BCUT2D eigenvalue weighted by atomic mass is 10.1. The van der Waals surface area contributed by atoms with E-state index < -0.39 is 0 Å². The Hall–Kier alpha value is -3.41. The van der Waals surface area contributed by atoms with Crippen molar-refractivity contribution in [2.75, 3.05) is 62.9 Å². The molecule has 0 radical (unpaired) electrons. The monoisotopic (exact) mass is 524 g/mol. The highest BCUT2D eigenvalue weighted by molar-refractivity contribution is 5.70. The minimum atomic E-state index is 0.604. The third-order valence-corrected chi connectivity index (χ3v) is 7.67. The first kappa shape index (κ1) is 27.2. The first-order valence-corrected chi connectivity index (χ1v) is 14.5. The maximum atomic E-state index is 5.83. The molecule has 0 unspecified atom stereocenters. The molecule has 0 bridgehead atoms. The second-order valence-electron chi connectivity index (χ2n) is 10.4. The van der Waals surface area contributed by atoms with Crippen LogP contribution in [0.5, 0.6) is 0 Å². The Balaban J connectivity index is 1.32. The number of anilines is 2. The molecule has 2 aliphatic rings. The SMILES string of the molecule is COCCOCC[n+]1c(/C=C/c2ccc(N3CCCC3)cc2)cccc1/C=C/c1ccc(N2CCCC2)cc1. The van der Waals surface area contributed by atoms with Crippen molar-refractivity contribution in [1.29, 1.82) is 0 Å². The number of benzene rings is 2. The number of aromatic nitrogens is 1. The van der Waals surface area contributed by atoms with Crippen LogP contribution >= 0.6 is 0 Å². The summed E-state index contributed by atoms with van der Waals surface area (Å²) in [5, 5.41) is 0.